The van der Waals surface area contributed by atoms with Crippen molar-refractivity contribution >= 4 is 11.3 Å². The smallest absolute Gasteiger partial charge is 0.164 e. The largest absolute Gasteiger partial charge is 0.309 e. The molecular formula is C9H10N4S. The lowest BCUT2D eigenvalue weighted by Crippen LogP contribution is -2.28. The van der Waals surface area contributed by atoms with E-state index in [-0.39, 0.29) is 0 Å². The van der Waals surface area contributed by atoms with Gasteiger partial charge in [0, 0.05) is 24.0 Å². The summed E-state index contributed by atoms with van der Waals surface area (Å²) < 4.78 is 2.19. The first kappa shape index (κ1) is 8.14. The van der Waals surface area contributed by atoms with Gasteiger partial charge in [0.2, 0.25) is 0 Å². The molecule has 0 amide bonds. The molecule has 3 rings (SSSR count). The van der Waals surface area contributed by atoms with Crippen LogP contribution >= 0.6 is 11.3 Å². The summed E-state index contributed by atoms with van der Waals surface area (Å²) in [7, 11) is 0. The summed E-state index contributed by atoms with van der Waals surface area (Å²) in [5.41, 5.74) is 1.18. The molecule has 0 saturated carbocycles. The first-order valence-electron chi connectivity index (χ1n) is 4.60. The predicted octanol–water partition coefficient (Wildman–Crippen LogP) is 1.11. The van der Waals surface area contributed by atoms with Gasteiger partial charge in [-0.3, -0.25) is 0 Å². The Morgan fingerprint density at radius 3 is 3.29 bits per heavy atom. The van der Waals surface area contributed by atoms with Crippen LogP contribution < -0.4 is 5.32 Å². The number of hydrogen-bond acceptors (Lipinski definition) is 4. The Kier molecular flexibility index (Phi) is 1.85. The molecule has 0 spiro atoms. The third-order valence-corrected chi connectivity index (χ3v) is 3.09. The Balaban J connectivity index is 2.11. The minimum Gasteiger partial charge on any atom is -0.309 e. The van der Waals surface area contributed by atoms with Gasteiger partial charge >= 0.3 is 0 Å². The van der Waals surface area contributed by atoms with Gasteiger partial charge in [0.05, 0.1) is 6.54 Å². The highest BCUT2D eigenvalue weighted by atomic mass is 32.1. The molecule has 2 aromatic rings. The highest BCUT2D eigenvalue weighted by molar-refractivity contribution is 7.08. The van der Waals surface area contributed by atoms with Gasteiger partial charge in [-0.1, -0.05) is 0 Å². The number of fused-ring (bicyclic) bond motifs is 1. The average molecular weight is 206 g/mol. The zero-order chi connectivity index (χ0) is 9.38. The maximum Gasteiger partial charge on any atom is 0.164 e. The molecule has 4 nitrogen and oxygen atoms in total. The van der Waals surface area contributed by atoms with Gasteiger partial charge in [-0.15, -0.1) is 10.2 Å². The number of hydrogen-bond donors (Lipinski definition) is 1. The zero-order valence-corrected chi connectivity index (χ0v) is 8.42. The third-order valence-electron chi connectivity index (χ3n) is 2.40. The van der Waals surface area contributed by atoms with Crippen LogP contribution in [0, 0.1) is 0 Å². The summed E-state index contributed by atoms with van der Waals surface area (Å²) in [6.07, 6.45) is 0. The third kappa shape index (κ3) is 1.17. The fourth-order valence-electron chi connectivity index (χ4n) is 1.70. The molecule has 5 heteroatoms. The van der Waals surface area contributed by atoms with Gasteiger partial charge in [0.15, 0.2) is 5.82 Å². The Labute approximate surface area is 85.6 Å². The fraction of sp³-hybridized carbons (Fsp3) is 0.333. The summed E-state index contributed by atoms with van der Waals surface area (Å²) in [5, 5.41) is 15.8. The number of nitrogens with one attached hydrogen (secondary N) is 1. The maximum absolute atomic E-state index is 4.22. The molecule has 72 valence electrons. The van der Waals surface area contributed by atoms with Crippen LogP contribution in [0.5, 0.6) is 0 Å². The lowest BCUT2D eigenvalue weighted by atomic mass is 10.3. The van der Waals surface area contributed by atoms with Crippen molar-refractivity contribution in [3.05, 3.63) is 22.7 Å². The molecule has 2 aromatic heterocycles. The average Bonchev–Trinajstić information content (AvgIpc) is 2.85. The van der Waals surface area contributed by atoms with Crippen LogP contribution in [0.4, 0.5) is 0 Å². The van der Waals surface area contributed by atoms with Crippen molar-refractivity contribution in [1.82, 2.24) is 20.1 Å². The van der Waals surface area contributed by atoms with E-state index in [1.54, 1.807) is 11.3 Å². The molecule has 1 aliphatic heterocycles. The SMILES string of the molecule is c1cc(-c2nnc3n2CCNC3)cs1. The summed E-state index contributed by atoms with van der Waals surface area (Å²) >= 11 is 1.69. The first-order valence-corrected chi connectivity index (χ1v) is 5.55. The maximum atomic E-state index is 4.22. The molecule has 0 unspecified atom stereocenters. The molecule has 0 bridgehead atoms. The highest BCUT2D eigenvalue weighted by Gasteiger charge is 2.16. The normalized spacial score (nSPS) is 15.4. The molecule has 14 heavy (non-hydrogen) atoms. The summed E-state index contributed by atoms with van der Waals surface area (Å²) in [4.78, 5) is 0. The van der Waals surface area contributed by atoms with Gasteiger partial charge in [0.1, 0.15) is 5.82 Å². The topological polar surface area (TPSA) is 42.7 Å². The van der Waals surface area contributed by atoms with E-state index >= 15 is 0 Å². The Morgan fingerprint density at radius 2 is 2.43 bits per heavy atom. The molecule has 0 aliphatic carbocycles. The van der Waals surface area contributed by atoms with E-state index in [1.165, 1.54) is 5.56 Å². The molecular weight excluding hydrogens is 196 g/mol. The van der Waals surface area contributed by atoms with Crippen molar-refractivity contribution in [2.24, 2.45) is 0 Å². The Bertz CT molecular complexity index is 432. The first-order chi connectivity index (χ1) is 6.95. The van der Waals surface area contributed by atoms with Gasteiger partial charge in [-0.05, 0) is 11.4 Å². The summed E-state index contributed by atoms with van der Waals surface area (Å²) in [5.74, 6) is 2.04. The Morgan fingerprint density at radius 1 is 1.43 bits per heavy atom. The molecule has 0 radical (unpaired) electrons. The highest BCUT2D eigenvalue weighted by Crippen LogP contribution is 2.21. The second kappa shape index (κ2) is 3.18. The molecule has 3 heterocycles. The van der Waals surface area contributed by atoms with E-state index in [2.05, 4.69) is 36.9 Å². The molecule has 1 N–H and O–H groups in total. The quantitative estimate of drug-likeness (QED) is 0.760. The second-order valence-corrected chi connectivity index (χ2v) is 4.06. The van der Waals surface area contributed by atoms with E-state index in [1.807, 2.05) is 0 Å². The molecule has 0 atom stereocenters. The predicted molar refractivity (Wildman–Crippen MR) is 55.0 cm³/mol. The van der Waals surface area contributed by atoms with Crippen molar-refractivity contribution in [2.45, 2.75) is 13.1 Å². The fourth-order valence-corrected chi connectivity index (χ4v) is 2.33. The van der Waals surface area contributed by atoms with Crippen molar-refractivity contribution in [3.8, 4) is 11.4 Å². The molecule has 1 aliphatic rings. The summed E-state index contributed by atoms with van der Waals surface area (Å²) in [6, 6.07) is 2.09. The standard InChI is InChI=1S/C9H10N4S/c1-4-14-6-7(1)9-12-11-8-5-10-2-3-13(8)9/h1,4,6,10H,2-3,5H2. The van der Waals surface area contributed by atoms with Crippen LogP contribution in [0.1, 0.15) is 5.82 Å². The van der Waals surface area contributed by atoms with Crippen LogP contribution in [-0.2, 0) is 13.1 Å². The van der Waals surface area contributed by atoms with E-state index in [4.69, 9.17) is 0 Å². The van der Waals surface area contributed by atoms with Gasteiger partial charge in [-0.25, -0.2) is 0 Å². The molecule has 0 fully saturated rings. The van der Waals surface area contributed by atoms with Crippen LogP contribution in [0.25, 0.3) is 11.4 Å². The van der Waals surface area contributed by atoms with E-state index < -0.39 is 0 Å². The molecule has 0 aromatic carbocycles. The van der Waals surface area contributed by atoms with Crippen molar-refractivity contribution in [1.29, 1.82) is 0 Å². The second-order valence-electron chi connectivity index (χ2n) is 3.28. The van der Waals surface area contributed by atoms with Gasteiger partial charge < -0.3 is 9.88 Å². The lowest BCUT2D eigenvalue weighted by Gasteiger charge is -2.15. The van der Waals surface area contributed by atoms with Gasteiger partial charge in [-0.2, -0.15) is 11.3 Å². The van der Waals surface area contributed by atoms with Crippen LogP contribution in [-0.4, -0.2) is 21.3 Å². The van der Waals surface area contributed by atoms with E-state index in [0.717, 1.165) is 31.3 Å². The summed E-state index contributed by atoms with van der Waals surface area (Å²) in [6.45, 7) is 2.80. The monoisotopic (exact) mass is 206 g/mol. The van der Waals surface area contributed by atoms with Crippen molar-refractivity contribution in [3.63, 3.8) is 0 Å². The lowest BCUT2D eigenvalue weighted by molar-refractivity contribution is 0.508. The van der Waals surface area contributed by atoms with E-state index in [0.29, 0.717) is 0 Å². The number of aromatic nitrogens is 3. The van der Waals surface area contributed by atoms with Crippen LogP contribution in [0.2, 0.25) is 0 Å². The van der Waals surface area contributed by atoms with Crippen LogP contribution in [0.3, 0.4) is 0 Å². The van der Waals surface area contributed by atoms with Crippen LogP contribution in [0.15, 0.2) is 16.8 Å². The van der Waals surface area contributed by atoms with Crippen molar-refractivity contribution < 1.29 is 0 Å². The van der Waals surface area contributed by atoms with Crippen molar-refractivity contribution in [2.75, 3.05) is 6.54 Å². The number of nitrogens with zero attached hydrogens (tertiary/aromatic N) is 3. The van der Waals surface area contributed by atoms with Gasteiger partial charge in [0.25, 0.3) is 0 Å². The molecule has 0 saturated heterocycles. The minimum atomic E-state index is 0.830. The zero-order valence-electron chi connectivity index (χ0n) is 7.60. The Hall–Kier alpha value is -1.20. The number of thiophene rings is 1. The number of rotatable bonds is 1. The van der Waals surface area contributed by atoms with E-state index in [9.17, 15) is 0 Å². The minimum absolute atomic E-state index is 0.830.